The molecule has 0 saturated carbocycles. The molecule has 0 aromatic heterocycles. The minimum Gasteiger partial charge on any atom is -0.497 e. The Kier molecular flexibility index (Phi) is 12.5. The Hall–Kier alpha value is -3.35. The van der Waals surface area contributed by atoms with E-state index in [1.54, 1.807) is 38.3 Å². The van der Waals surface area contributed by atoms with Gasteiger partial charge in [0.1, 0.15) is 11.5 Å². The van der Waals surface area contributed by atoms with E-state index >= 15 is 0 Å². The lowest BCUT2D eigenvalue weighted by Crippen LogP contribution is -2.21. The van der Waals surface area contributed by atoms with Crippen LogP contribution < -0.4 is 4.74 Å². The lowest BCUT2D eigenvalue weighted by atomic mass is 9.89. The number of nitrogens with zero attached hydrogens (tertiary/aromatic N) is 1. The maximum Gasteiger partial charge on any atom is 0.306 e. The van der Waals surface area contributed by atoms with Crippen molar-refractivity contribution in [1.82, 2.24) is 4.90 Å². The van der Waals surface area contributed by atoms with Crippen LogP contribution in [0.25, 0.3) is 6.08 Å². The molecule has 0 bridgehead atoms. The molecule has 0 aliphatic heterocycles. The second-order valence-electron chi connectivity index (χ2n) is 9.20. The lowest BCUT2D eigenvalue weighted by molar-refractivity contribution is -0.142. The molecule has 0 fully saturated rings. The van der Waals surface area contributed by atoms with E-state index in [2.05, 4.69) is 6.08 Å². The Balaban J connectivity index is 1.75. The number of rotatable bonds is 16. The Morgan fingerprint density at radius 3 is 2.53 bits per heavy atom. The zero-order valence-corrected chi connectivity index (χ0v) is 21.7. The fourth-order valence-corrected chi connectivity index (χ4v) is 3.87. The van der Waals surface area contributed by atoms with E-state index in [0.29, 0.717) is 30.8 Å². The van der Waals surface area contributed by atoms with Crippen LogP contribution in [-0.4, -0.2) is 55.5 Å². The van der Waals surface area contributed by atoms with Crippen molar-refractivity contribution >= 4 is 23.7 Å². The number of ether oxygens (including phenoxy) is 2. The molecule has 0 heterocycles. The number of ketones is 1. The molecule has 7 nitrogen and oxygen atoms in total. The molecule has 36 heavy (non-hydrogen) atoms. The molecule has 1 N–H and O–H groups in total. The Morgan fingerprint density at radius 1 is 1.11 bits per heavy atom. The number of aliphatic carboxylic acids is 1. The van der Waals surface area contributed by atoms with Crippen molar-refractivity contribution in [3.05, 3.63) is 59.4 Å². The van der Waals surface area contributed by atoms with E-state index in [1.807, 2.05) is 30.3 Å². The molecule has 0 saturated heterocycles. The Labute approximate surface area is 214 Å². The van der Waals surface area contributed by atoms with Crippen LogP contribution in [0.3, 0.4) is 0 Å². The fraction of sp³-hybridized carbons (Fsp3) is 0.483. The summed E-state index contributed by atoms with van der Waals surface area (Å²) in [6.07, 6.45) is 13.0. The summed E-state index contributed by atoms with van der Waals surface area (Å²) in [6.45, 7) is 0.455. The normalized spacial score (nSPS) is 14.2. The SMILES string of the molecule is COc1ccc(/C=C/CCCCC(CC2=CC(OCCCCC(=O)N(C)C)=CCC2=O)C(=O)O)cc1. The first-order chi connectivity index (χ1) is 17.3. The summed E-state index contributed by atoms with van der Waals surface area (Å²) in [4.78, 5) is 37.4. The largest absolute Gasteiger partial charge is 0.497 e. The number of Topliss-reactive ketones (excluding diaryl/α,β-unsaturated/α-hetero) is 1. The quantitative estimate of drug-likeness (QED) is 0.307. The third-order valence-electron chi connectivity index (χ3n) is 6.13. The molecule has 0 spiro atoms. The summed E-state index contributed by atoms with van der Waals surface area (Å²) in [6, 6.07) is 7.81. The molecule has 196 valence electrons. The molecule has 1 amide bonds. The summed E-state index contributed by atoms with van der Waals surface area (Å²) in [5, 5.41) is 9.69. The van der Waals surface area contributed by atoms with E-state index in [1.165, 1.54) is 0 Å². The summed E-state index contributed by atoms with van der Waals surface area (Å²) < 4.78 is 10.9. The van der Waals surface area contributed by atoms with E-state index < -0.39 is 11.9 Å². The number of benzene rings is 1. The van der Waals surface area contributed by atoms with Gasteiger partial charge >= 0.3 is 5.97 Å². The summed E-state index contributed by atoms with van der Waals surface area (Å²) in [5.74, 6) is -0.000273. The zero-order valence-electron chi connectivity index (χ0n) is 21.7. The molecule has 2 rings (SSSR count). The Morgan fingerprint density at radius 2 is 1.86 bits per heavy atom. The van der Waals surface area contributed by atoms with Gasteiger partial charge in [-0.1, -0.05) is 30.7 Å². The van der Waals surface area contributed by atoms with E-state index in [0.717, 1.165) is 43.4 Å². The van der Waals surface area contributed by atoms with Crippen LogP contribution in [-0.2, 0) is 19.1 Å². The molecule has 1 aromatic carbocycles. The smallest absolute Gasteiger partial charge is 0.306 e. The highest BCUT2D eigenvalue weighted by Crippen LogP contribution is 2.25. The number of allylic oxidation sites excluding steroid dienone is 4. The van der Waals surface area contributed by atoms with Crippen LogP contribution in [0.4, 0.5) is 0 Å². The van der Waals surface area contributed by atoms with Gasteiger partial charge in [0.2, 0.25) is 5.91 Å². The topological polar surface area (TPSA) is 93.1 Å². The van der Waals surface area contributed by atoms with Crippen LogP contribution in [0.1, 0.15) is 63.4 Å². The highest BCUT2D eigenvalue weighted by Gasteiger charge is 2.24. The minimum absolute atomic E-state index is 0.0485. The van der Waals surface area contributed by atoms with Crippen molar-refractivity contribution in [3.63, 3.8) is 0 Å². The zero-order chi connectivity index (χ0) is 26.3. The number of carbonyl (C=O) groups is 3. The highest BCUT2D eigenvalue weighted by molar-refractivity contribution is 5.98. The van der Waals surface area contributed by atoms with Crippen molar-refractivity contribution < 1.29 is 29.0 Å². The third kappa shape index (κ3) is 10.5. The molecular formula is C29H39NO6. The van der Waals surface area contributed by atoms with Gasteiger partial charge in [0, 0.05) is 26.9 Å². The molecule has 1 unspecified atom stereocenters. The number of amides is 1. The van der Waals surface area contributed by atoms with Gasteiger partial charge in [-0.05, 0) is 73.9 Å². The van der Waals surface area contributed by atoms with Gasteiger partial charge in [-0.3, -0.25) is 14.4 Å². The number of hydrogen-bond donors (Lipinski definition) is 1. The number of carboxylic acids is 1. The highest BCUT2D eigenvalue weighted by atomic mass is 16.5. The van der Waals surface area contributed by atoms with Crippen molar-refractivity contribution in [1.29, 1.82) is 0 Å². The van der Waals surface area contributed by atoms with Crippen molar-refractivity contribution in [2.45, 2.75) is 57.8 Å². The number of hydrogen-bond acceptors (Lipinski definition) is 5. The predicted octanol–water partition coefficient (Wildman–Crippen LogP) is 5.42. The molecule has 1 aliphatic carbocycles. The van der Waals surface area contributed by atoms with Crippen molar-refractivity contribution in [2.24, 2.45) is 5.92 Å². The molecular weight excluding hydrogens is 458 g/mol. The van der Waals surface area contributed by atoms with Gasteiger partial charge in [-0.25, -0.2) is 0 Å². The number of unbranched alkanes of at least 4 members (excludes halogenated alkanes) is 3. The van der Waals surface area contributed by atoms with Crippen molar-refractivity contribution in [3.8, 4) is 5.75 Å². The minimum atomic E-state index is -0.875. The van der Waals surface area contributed by atoms with Crippen LogP contribution in [0, 0.1) is 5.92 Å². The van der Waals surface area contributed by atoms with Crippen LogP contribution in [0.2, 0.25) is 0 Å². The number of carboxylic acid groups (broad SMARTS) is 1. The van der Waals surface area contributed by atoms with Gasteiger partial charge in [0.25, 0.3) is 0 Å². The monoisotopic (exact) mass is 497 g/mol. The van der Waals surface area contributed by atoms with Crippen molar-refractivity contribution in [2.75, 3.05) is 27.8 Å². The van der Waals surface area contributed by atoms with Gasteiger partial charge in [0.15, 0.2) is 5.78 Å². The standard InChI is InChI=1S/C29H39NO6/c1-30(2)28(32)12-8-9-19-36-26-17-18-27(31)24(21-26)20-23(29(33)34)11-7-5-4-6-10-22-13-15-25(35-3)16-14-22/h6,10,13-17,21,23H,4-5,7-9,11-12,18-20H2,1-3H3,(H,33,34)/b10-6+. The van der Waals surface area contributed by atoms with E-state index in [4.69, 9.17) is 9.47 Å². The van der Waals surface area contributed by atoms with Gasteiger partial charge in [0.05, 0.1) is 19.6 Å². The maximum atomic E-state index is 12.4. The molecule has 0 radical (unpaired) electrons. The lowest BCUT2D eigenvalue weighted by Gasteiger charge is -2.18. The number of methoxy groups -OCH3 is 1. The summed E-state index contributed by atoms with van der Waals surface area (Å²) in [5.41, 5.74) is 1.61. The third-order valence-corrected chi connectivity index (χ3v) is 6.13. The van der Waals surface area contributed by atoms with Crippen LogP contribution in [0.5, 0.6) is 5.75 Å². The van der Waals surface area contributed by atoms with Gasteiger partial charge < -0.3 is 19.5 Å². The molecule has 1 aromatic rings. The fourth-order valence-electron chi connectivity index (χ4n) is 3.87. The van der Waals surface area contributed by atoms with E-state index in [-0.39, 0.29) is 24.5 Å². The molecule has 1 aliphatic rings. The average Bonchev–Trinajstić information content (AvgIpc) is 2.86. The van der Waals surface area contributed by atoms with E-state index in [9.17, 15) is 19.5 Å². The first kappa shape index (κ1) is 28.9. The average molecular weight is 498 g/mol. The summed E-state index contributed by atoms with van der Waals surface area (Å²) >= 11 is 0. The molecule has 1 atom stereocenters. The van der Waals surface area contributed by atoms with Gasteiger partial charge in [-0.2, -0.15) is 0 Å². The summed E-state index contributed by atoms with van der Waals surface area (Å²) in [7, 11) is 5.11. The first-order valence-corrected chi connectivity index (χ1v) is 12.6. The predicted molar refractivity (Wildman–Crippen MR) is 141 cm³/mol. The Bertz CT molecular complexity index is 958. The molecule has 7 heteroatoms. The second-order valence-corrected chi connectivity index (χ2v) is 9.20. The second kappa shape index (κ2) is 15.6. The van der Waals surface area contributed by atoms with Gasteiger partial charge in [-0.15, -0.1) is 0 Å². The van der Waals surface area contributed by atoms with Crippen LogP contribution in [0.15, 0.2) is 53.8 Å². The first-order valence-electron chi connectivity index (χ1n) is 12.6. The number of carbonyl (C=O) groups excluding carboxylic acids is 2. The van der Waals surface area contributed by atoms with Crippen LogP contribution >= 0.6 is 0 Å². The maximum absolute atomic E-state index is 12.4.